The highest BCUT2D eigenvalue weighted by Gasteiger charge is 2.12. The largest absolute Gasteiger partial charge is 0.467 e. The van der Waals surface area contributed by atoms with Gasteiger partial charge in [-0.3, -0.25) is 9.69 Å². The lowest BCUT2D eigenvalue weighted by Gasteiger charge is -2.12. The van der Waals surface area contributed by atoms with E-state index in [0.717, 1.165) is 0 Å². The van der Waals surface area contributed by atoms with Gasteiger partial charge in [-0.15, -0.1) is 0 Å². The van der Waals surface area contributed by atoms with E-state index in [-0.39, 0.29) is 23.1 Å². The van der Waals surface area contributed by atoms with E-state index in [1.807, 2.05) is 0 Å². The van der Waals surface area contributed by atoms with Crippen molar-refractivity contribution < 1.29 is 9.53 Å². The average molecular weight is 217 g/mol. The maximum atomic E-state index is 11.0. The van der Waals surface area contributed by atoms with E-state index in [0.29, 0.717) is 0 Å². The molecular weight excluding hydrogens is 208 g/mol. The summed E-state index contributed by atoms with van der Waals surface area (Å²) in [5.74, 6) is -0.0383. The van der Waals surface area contributed by atoms with Crippen molar-refractivity contribution in [3.63, 3.8) is 0 Å². The van der Waals surface area contributed by atoms with Crippen LogP contribution in [0.1, 0.15) is 6.92 Å². The molecule has 0 atom stereocenters. The monoisotopic (exact) mass is 216 g/mol. The molecule has 0 aliphatic heterocycles. The van der Waals surface area contributed by atoms with E-state index in [1.165, 1.54) is 26.0 Å². The molecular formula is C7H9ClN4O2. The maximum Gasteiger partial charge on any atom is 0.322 e. The molecule has 0 aliphatic carbocycles. The van der Waals surface area contributed by atoms with Crippen LogP contribution in [0.4, 0.5) is 5.95 Å². The highest BCUT2D eigenvalue weighted by molar-refractivity contribution is 6.28. The summed E-state index contributed by atoms with van der Waals surface area (Å²) in [6, 6.07) is 0.0769. The van der Waals surface area contributed by atoms with Crippen molar-refractivity contribution in [1.29, 1.82) is 0 Å². The molecule has 7 heteroatoms. The fourth-order valence-electron chi connectivity index (χ4n) is 0.704. The van der Waals surface area contributed by atoms with Crippen LogP contribution in [-0.2, 0) is 4.79 Å². The Hall–Kier alpha value is -1.43. The normalized spacial score (nSPS) is 9.71. The second-order valence-electron chi connectivity index (χ2n) is 2.47. The van der Waals surface area contributed by atoms with Gasteiger partial charge in [0.2, 0.25) is 17.1 Å². The van der Waals surface area contributed by atoms with E-state index in [4.69, 9.17) is 16.3 Å². The molecule has 0 bridgehead atoms. The fraction of sp³-hybridized carbons (Fsp3) is 0.429. The van der Waals surface area contributed by atoms with Gasteiger partial charge < -0.3 is 4.74 Å². The molecule has 0 saturated carbocycles. The summed E-state index contributed by atoms with van der Waals surface area (Å²) in [6.07, 6.45) is 0. The van der Waals surface area contributed by atoms with Gasteiger partial charge in [0.05, 0.1) is 7.11 Å². The predicted molar refractivity (Wildman–Crippen MR) is 50.5 cm³/mol. The van der Waals surface area contributed by atoms with Gasteiger partial charge in [-0.1, -0.05) is 0 Å². The second kappa shape index (κ2) is 4.19. The summed E-state index contributed by atoms with van der Waals surface area (Å²) >= 11 is 5.60. The first-order chi connectivity index (χ1) is 6.54. The third kappa shape index (κ3) is 2.29. The Bertz CT molecular complexity index is 358. The Morgan fingerprint density at radius 3 is 2.57 bits per heavy atom. The zero-order valence-electron chi connectivity index (χ0n) is 7.98. The first-order valence-electron chi connectivity index (χ1n) is 3.74. The Balaban J connectivity index is 3.08. The molecule has 1 heterocycles. The summed E-state index contributed by atoms with van der Waals surface area (Å²) < 4.78 is 4.78. The van der Waals surface area contributed by atoms with E-state index < -0.39 is 0 Å². The number of anilines is 1. The summed E-state index contributed by atoms with van der Waals surface area (Å²) in [6.45, 7) is 1.39. The molecule has 0 radical (unpaired) electrons. The lowest BCUT2D eigenvalue weighted by molar-refractivity contribution is -0.116. The number of rotatable bonds is 2. The lowest BCUT2D eigenvalue weighted by Crippen LogP contribution is -2.25. The molecule has 0 spiro atoms. The Morgan fingerprint density at radius 2 is 2.07 bits per heavy atom. The molecule has 1 aromatic heterocycles. The third-order valence-corrected chi connectivity index (χ3v) is 1.70. The van der Waals surface area contributed by atoms with Gasteiger partial charge in [0, 0.05) is 14.0 Å². The molecule has 1 aromatic rings. The van der Waals surface area contributed by atoms with Crippen molar-refractivity contribution in [3.8, 4) is 6.01 Å². The number of hydrogen-bond donors (Lipinski definition) is 0. The van der Waals surface area contributed by atoms with Gasteiger partial charge in [-0.25, -0.2) is 0 Å². The second-order valence-corrected chi connectivity index (χ2v) is 2.81. The number of halogens is 1. The number of amides is 1. The Morgan fingerprint density at radius 1 is 1.43 bits per heavy atom. The molecule has 0 fully saturated rings. The minimum atomic E-state index is -0.200. The Kier molecular flexibility index (Phi) is 3.19. The molecule has 0 unspecified atom stereocenters. The first-order valence-corrected chi connectivity index (χ1v) is 4.12. The molecule has 0 N–H and O–H groups in total. The molecule has 0 saturated heterocycles. The highest BCUT2D eigenvalue weighted by Crippen LogP contribution is 2.13. The quantitative estimate of drug-likeness (QED) is 0.721. The minimum Gasteiger partial charge on any atom is -0.467 e. The van der Waals surface area contributed by atoms with Gasteiger partial charge in [0.25, 0.3) is 0 Å². The van der Waals surface area contributed by atoms with E-state index in [9.17, 15) is 4.79 Å². The first kappa shape index (κ1) is 10.6. The van der Waals surface area contributed by atoms with Crippen LogP contribution in [0.3, 0.4) is 0 Å². The highest BCUT2D eigenvalue weighted by atomic mass is 35.5. The van der Waals surface area contributed by atoms with Gasteiger partial charge >= 0.3 is 6.01 Å². The standard InChI is InChI=1S/C7H9ClN4O2/c1-4(13)12(2)6-9-5(8)10-7(11-6)14-3/h1-3H3. The number of hydrogen-bond acceptors (Lipinski definition) is 5. The third-order valence-electron chi connectivity index (χ3n) is 1.53. The average Bonchev–Trinajstić information content (AvgIpc) is 2.15. The van der Waals surface area contributed by atoms with Gasteiger partial charge in [0.15, 0.2) is 0 Å². The summed E-state index contributed by atoms with van der Waals surface area (Å²) in [4.78, 5) is 23.5. The number of nitrogens with zero attached hydrogens (tertiary/aromatic N) is 4. The molecule has 14 heavy (non-hydrogen) atoms. The van der Waals surface area contributed by atoms with Crippen molar-refractivity contribution in [3.05, 3.63) is 5.28 Å². The number of methoxy groups -OCH3 is 1. The van der Waals surface area contributed by atoms with Crippen molar-refractivity contribution in [1.82, 2.24) is 15.0 Å². The number of carbonyl (C=O) groups excluding carboxylic acids is 1. The number of aromatic nitrogens is 3. The lowest BCUT2D eigenvalue weighted by atomic mass is 10.6. The van der Waals surface area contributed by atoms with Crippen molar-refractivity contribution in [2.24, 2.45) is 0 Å². The zero-order chi connectivity index (χ0) is 10.7. The summed E-state index contributed by atoms with van der Waals surface area (Å²) in [5, 5.41) is -0.0139. The van der Waals surface area contributed by atoms with Crippen molar-refractivity contribution in [2.45, 2.75) is 6.92 Å². The van der Waals surface area contributed by atoms with Crippen LogP contribution in [0, 0.1) is 0 Å². The van der Waals surface area contributed by atoms with Crippen molar-refractivity contribution in [2.75, 3.05) is 19.1 Å². The molecule has 0 aliphatic rings. The fourth-order valence-corrected chi connectivity index (χ4v) is 0.852. The maximum absolute atomic E-state index is 11.0. The predicted octanol–water partition coefficient (Wildman–Crippen LogP) is 0.516. The van der Waals surface area contributed by atoms with Crippen LogP contribution in [0.2, 0.25) is 5.28 Å². The van der Waals surface area contributed by atoms with E-state index in [1.54, 1.807) is 0 Å². The number of ether oxygens (including phenoxy) is 1. The zero-order valence-corrected chi connectivity index (χ0v) is 8.74. The van der Waals surface area contributed by atoms with Gasteiger partial charge in [-0.05, 0) is 11.6 Å². The minimum absolute atomic E-state index is 0.0139. The van der Waals surface area contributed by atoms with Crippen molar-refractivity contribution >= 4 is 23.5 Å². The van der Waals surface area contributed by atoms with Crippen LogP contribution in [-0.4, -0.2) is 35.0 Å². The molecule has 1 amide bonds. The topological polar surface area (TPSA) is 68.2 Å². The molecule has 6 nitrogen and oxygen atoms in total. The molecule has 76 valence electrons. The van der Waals surface area contributed by atoms with Crippen LogP contribution < -0.4 is 9.64 Å². The number of carbonyl (C=O) groups is 1. The van der Waals surface area contributed by atoms with Crippen LogP contribution in [0.15, 0.2) is 0 Å². The molecule has 0 aromatic carbocycles. The SMILES string of the molecule is COc1nc(Cl)nc(N(C)C(C)=O)n1. The van der Waals surface area contributed by atoms with Crippen LogP contribution in [0.5, 0.6) is 6.01 Å². The summed E-state index contributed by atoms with van der Waals surface area (Å²) in [7, 11) is 2.94. The van der Waals surface area contributed by atoms with Gasteiger partial charge in [-0.2, -0.15) is 15.0 Å². The summed E-state index contributed by atoms with van der Waals surface area (Å²) in [5.41, 5.74) is 0. The van der Waals surface area contributed by atoms with E-state index in [2.05, 4.69) is 15.0 Å². The van der Waals surface area contributed by atoms with Crippen LogP contribution >= 0.6 is 11.6 Å². The Labute approximate surface area is 85.9 Å². The van der Waals surface area contributed by atoms with Gasteiger partial charge in [0.1, 0.15) is 0 Å². The molecule has 1 rings (SSSR count). The van der Waals surface area contributed by atoms with Crippen LogP contribution in [0.25, 0.3) is 0 Å². The van der Waals surface area contributed by atoms with E-state index >= 15 is 0 Å². The smallest absolute Gasteiger partial charge is 0.322 e.